The minimum atomic E-state index is -0.148. The number of hydrogen-bond donors (Lipinski definition) is 0. The van der Waals surface area contributed by atoms with Crippen LogP contribution in [-0.2, 0) is 4.79 Å². The van der Waals surface area contributed by atoms with Crippen LogP contribution >= 0.6 is 0 Å². The first-order valence-corrected chi connectivity index (χ1v) is 2.90. The van der Waals surface area contributed by atoms with Crippen LogP contribution in [0, 0.1) is 10.8 Å². The Kier molecular flexibility index (Phi) is 1.46. The van der Waals surface area contributed by atoms with Crippen LogP contribution < -0.4 is 0 Å². The third kappa shape index (κ3) is 0.918. The summed E-state index contributed by atoms with van der Waals surface area (Å²) in [7, 11) is 0. The molecule has 4 nitrogen and oxygen atoms in total. The quantitative estimate of drug-likeness (QED) is 0.484. The molecule has 1 unspecified atom stereocenters. The third-order valence-electron chi connectivity index (χ3n) is 1.55. The van der Waals surface area contributed by atoms with Gasteiger partial charge in [-0.2, -0.15) is 5.01 Å². The van der Waals surface area contributed by atoms with E-state index in [2.05, 4.69) is 5.29 Å². The van der Waals surface area contributed by atoms with Gasteiger partial charge in [-0.25, -0.2) is 0 Å². The Morgan fingerprint density at radius 1 is 1.78 bits per heavy atom. The van der Waals surface area contributed by atoms with Crippen molar-refractivity contribution in [2.45, 2.75) is 13.3 Å². The monoisotopic (exact) mass is 128 g/mol. The summed E-state index contributed by atoms with van der Waals surface area (Å²) in [5.74, 6) is -0.160. The van der Waals surface area contributed by atoms with Crippen molar-refractivity contribution in [2.75, 3.05) is 6.54 Å². The molecule has 50 valence electrons. The molecule has 0 aliphatic carbocycles. The first-order chi connectivity index (χ1) is 4.25. The summed E-state index contributed by atoms with van der Waals surface area (Å²) in [5, 5.41) is 3.53. The zero-order chi connectivity index (χ0) is 6.85. The lowest BCUT2D eigenvalue weighted by molar-refractivity contribution is -0.130. The number of carbonyl (C=O) groups excluding carboxylic acids is 1. The minimum Gasteiger partial charge on any atom is -0.273 e. The number of amides is 1. The van der Waals surface area contributed by atoms with Gasteiger partial charge >= 0.3 is 0 Å². The summed E-state index contributed by atoms with van der Waals surface area (Å²) < 4.78 is 0. The van der Waals surface area contributed by atoms with Crippen molar-refractivity contribution in [1.29, 1.82) is 0 Å². The molecule has 0 bridgehead atoms. The molecule has 1 fully saturated rings. The summed E-state index contributed by atoms with van der Waals surface area (Å²) in [4.78, 5) is 20.6. The molecule has 1 saturated heterocycles. The van der Waals surface area contributed by atoms with Gasteiger partial charge in [0.25, 0.3) is 0 Å². The van der Waals surface area contributed by atoms with E-state index in [0.717, 1.165) is 11.4 Å². The van der Waals surface area contributed by atoms with Gasteiger partial charge in [0.2, 0.25) is 5.91 Å². The average Bonchev–Trinajstić information content (AvgIpc) is 2.15. The van der Waals surface area contributed by atoms with E-state index in [4.69, 9.17) is 0 Å². The minimum absolute atomic E-state index is 0.0114. The second-order valence-corrected chi connectivity index (χ2v) is 2.23. The third-order valence-corrected chi connectivity index (χ3v) is 1.55. The molecule has 0 aromatic carbocycles. The molecule has 1 aliphatic rings. The van der Waals surface area contributed by atoms with Gasteiger partial charge in [-0.15, -0.1) is 4.91 Å². The van der Waals surface area contributed by atoms with Crippen molar-refractivity contribution in [3.63, 3.8) is 0 Å². The van der Waals surface area contributed by atoms with E-state index in [-0.39, 0.29) is 11.8 Å². The Bertz CT molecular complexity index is 146. The van der Waals surface area contributed by atoms with E-state index in [1.807, 2.05) is 0 Å². The van der Waals surface area contributed by atoms with Crippen molar-refractivity contribution in [1.82, 2.24) is 5.01 Å². The Labute approximate surface area is 52.8 Å². The Morgan fingerprint density at radius 3 is 2.67 bits per heavy atom. The van der Waals surface area contributed by atoms with E-state index in [1.165, 1.54) is 0 Å². The summed E-state index contributed by atoms with van der Waals surface area (Å²) in [6, 6.07) is 0. The van der Waals surface area contributed by atoms with Gasteiger partial charge < -0.3 is 0 Å². The summed E-state index contributed by atoms with van der Waals surface area (Å²) in [6.45, 7) is 2.29. The van der Waals surface area contributed by atoms with Gasteiger partial charge in [0.1, 0.15) is 0 Å². The second kappa shape index (κ2) is 2.13. The van der Waals surface area contributed by atoms with Crippen LogP contribution in [0.25, 0.3) is 0 Å². The van der Waals surface area contributed by atoms with Gasteiger partial charge in [-0.1, -0.05) is 6.92 Å². The fourth-order valence-corrected chi connectivity index (χ4v) is 0.885. The highest BCUT2D eigenvalue weighted by Crippen LogP contribution is 2.16. The van der Waals surface area contributed by atoms with Crippen LogP contribution in [0.15, 0.2) is 5.29 Å². The van der Waals surface area contributed by atoms with E-state index >= 15 is 0 Å². The molecule has 0 aromatic rings. The van der Waals surface area contributed by atoms with Crippen LogP contribution in [0.1, 0.15) is 13.3 Å². The van der Waals surface area contributed by atoms with Gasteiger partial charge in [-0.3, -0.25) is 4.79 Å². The van der Waals surface area contributed by atoms with Crippen molar-refractivity contribution in [3.8, 4) is 0 Å². The normalized spacial score (nSPS) is 27.0. The van der Waals surface area contributed by atoms with Crippen molar-refractivity contribution in [3.05, 3.63) is 4.91 Å². The van der Waals surface area contributed by atoms with Crippen molar-refractivity contribution >= 4 is 5.91 Å². The molecule has 0 aromatic heterocycles. The first-order valence-electron chi connectivity index (χ1n) is 2.90. The van der Waals surface area contributed by atoms with Crippen LogP contribution in [0.4, 0.5) is 0 Å². The molecule has 0 N–H and O–H groups in total. The van der Waals surface area contributed by atoms with Gasteiger partial charge in [0, 0.05) is 12.5 Å². The maximum Gasteiger partial charge on any atom is 0.248 e. The molecule has 1 aliphatic heterocycles. The maximum absolute atomic E-state index is 10.8. The number of rotatable bonds is 1. The predicted octanol–water partition coefficient (Wildman–Crippen LogP) is 0.536. The summed E-state index contributed by atoms with van der Waals surface area (Å²) in [5.41, 5.74) is 0. The zero-order valence-corrected chi connectivity index (χ0v) is 5.20. The maximum atomic E-state index is 10.8. The highest BCUT2D eigenvalue weighted by atomic mass is 16.3. The Morgan fingerprint density at radius 2 is 2.44 bits per heavy atom. The number of nitroso groups, excluding NO2 is 1. The molecule has 0 spiro atoms. The standard InChI is InChI=1S/C5H8N2O2/c1-4-2-3-7(6-9)5(4)8/h4H,2-3H2,1H3. The van der Waals surface area contributed by atoms with Gasteiger partial charge in [0.05, 0.1) is 5.29 Å². The van der Waals surface area contributed by atoms with E-state index in [9.17, 15) is 9.70 Å². The summed E-state index contributed by atoms with van der Waals surface area (Å²) in [6.07, 6.45) is 0.755. The number of hydrogen-bond acceptors (Lipinski definition) is 3. The van der Waals surface area contributed by atoms with Crippen LogP contribution in [0.3, 0.4) is 0 Å². The lowest BCUT2D eigenvalue weighted by Gasteiger charge is -2.00. The smallest absolute Gasteiger partial charge is 0.248 e. The summed E-state index contributed by atoms with van der Waals surface area (Å²) >= 11 is 0. The number of carbonyl (C=O) groups is 1. The molecule has 0 radical (unpaired) electrons. The van der Waals surface area contributed by atoms with E-state index < -0.39 is 0 Å². The highest BCUT2D eigenvalue weighted by molar-refractivity contribution is 5.79. The van der Waals surface area contributed by atoms with Crippen LogP contribution in [0.2, 0.25) is 0 Å². The molecule has 1 amide bonds. The Balaban J connectivity index is 2.61. The second-order valence-electron chi connectivity index (χ2n) is 2.23. The SMILES string of the molecule is CC1CCN(N=O)C1=O. The predicted molar refractivity (Wildman–Crippen MR) is 31.3 cm³/mol. The lowest BCUT2D eigenvalue weighted by atomic mass is 10.1. The molecule has 1 heterocycles. The van der Waals surface area contributed by atoms with Gasteiger partial charge in [-0.05, 0) is 6.42 Å². The lowest BCUT2D eigenvalue weighted by Crippen LogP contribution is -2.19. The average molecular weight is 128 g/mol. The molecular weight excluding hydrogens is 120 g/mol. The van der Waals surface area contributed by atoms with E-state index in [1.54, 1.807) is 6.92 Å². The molecule has 9 heavy (non-hydrogen) atoms. The van der Waals surface area contributed by atoms with Crippen molar-refractivity contribution < 1.29 is 4.79 Å². The van der Waals surface area contributed by atoms with Gasteiger partial charge in [0.15, 0.2) is 0 Å². The fraction of sp³-hybridized carbons (Fsp3) is 0.800. The largest absolute Gasteiger partial charge is 0.273 e. The highest BCUT2D eigenvalue weighted by Gasteiger charge is 2.28. The molecule has 1 atom stereocenters. The molecule has 1 rings (SSSR count). The zero-order valence-electron chi connectivity index (χ0n) is 5.20. The van der Waals surface area contributed by atoms with Crippen molar-refractivity contribution in [2.24, 2.45) is 11.2 Å². The molecular formula is C5H8N2O2. The first kappa shape index (κ1) is 6.19. The fourth-order valence-electron chi connectivity index (χ4n) is 0.885. The number of nitrogens with zero attached hydrogens (tertiary/aromatic N) is 2. The molecule has 4 heteroatoms. The van der Waals surface area contributed by atoms with Crippen LogP contribution in [0.5, 0.6) is 0 Å². The molecule has 0 saturated carbocycles. The topological polar surface area (TPSA) is 49.7 Å². The Hall–Kier alpha value is -0.930. The van der Waals surface area contributed by atoms with E-state index in [0.29, 0.717) is 6.54 Å². The van der Waals surface area contributed by atoms with Crippen LogP contribution in [-0.4, -0.2) is 17.5 Å².